The fourth-order valence-corrected chi connectivity index (χ4v) is 1.56. The lowest BCUT2D eigenvalue weighted by Gasteiger charge is -1.97. The van der Waals surface area contributed by atoms with E-state index < -0.39 is 0 Å². The quantitative estimate of drug-likeness (QED) is 0.782. The van der Waals surface area contributed by atoms with Crippen molar-refractivity contribution in [1.29, 1.82) is 0 Å². The molecule has 0 aliphatic carbocycles. The molecule has 2 aromatic heterocycles. The van der Waals surface area contributed by atoms with Crippen LogP contribution in [0.4, 0.5) is 0 Å². The minimum atomic E-state index is 0.383. The molecule has 70 valence electrons. The molecule has 0 bridgehead atoms. The molecule has 2 rings (SSSR count). The summed E-state index contributed by atoms with van der Waals surface area (Å²) in [5.74, 6) is 0. The zero-order chi connectivity index (χ0) is 9.80. The molecule has 4 nitrogen and oxygen atoms in total. The van der Waals surface area contributed by atoms with Crippen LogP contribution >= 0.6 is 23.4 Å². The minimum Gasteiger partial charge on any atom is -0.260 e. The molecule has 0 unspecified atom stereocenters. The Morgan fingerprint density at radius 3 is 2.64 bits per heavy atom. The predicted octanol–water partition coefficient (Wildman–Crippen LogP) is 2.07. The van der Waals surface area contributed by atoms with Crippen LogP contribution in [0.15, 0.2) is 40.8 Å². The van der Waals surface area contributed by atoms with Gasteiger partial charge in [-0.3, -0.25) is 4.98 Å². The normalized spacial score (nSPS) is 10.1. The molecule has 0 atom stereocenters. The first-order valence-electron chi connectivity index (χ1n) is 3.78. The van der Waals surface area contributed by atoms with Crippen LogP contribution in [0.1, 0.15) is 0 Å². The van der Waals surface area contributed by atoms with Gasteiger partial charge in [-0.2, -0.15) is 0 Å². The summed E-state index contributed by atoms with van der Waals surface area (Å²) in [5, 5.41) is 9.52. The van der Waals surface area contributed by atoms with Gasteiger partial charge in [0, 0.05) is 12.4 Å². The number of aromatic nitrogens is 4. The van der Waals surface area contributed by atoms with Crippen molar-refractivity contribution in [2.24, 2.45) is 0 Å². The lowest BCUT2D eigenvalue weighted by atomic mass is 10.6. The maximum absolute atomic E-state index is 5.60. The van der Waals surface area contributed by atoms with Gasteiger partial charge in [-0.05, 0) is 23.9 Å². The molecule has 14 heavy (non-hydrogen) atoms. The van der Waals surface area contributed by atoms with Gasteiger partial charge in [0.25, 0.3) is 0 Å². The van der Waals surface area contributed by atoms with Gasteiger partial charge in [0.05, 0.1) is 6.20 Å². The summed E-state index contributed by atoms with van der Waals surface area (Å²) in [6, 6.07) is 3.47. The van der Waals surface area contributed by atoms with Gasteiger partial charge in [-0.25, -0.2) is 4.98 Å². The van der Waals surface area contributed by atoms with E-state index in [2.05, 4.69) is 20.2 Å². The van der Waals surface area contributed by atoms with Crippen LogP contribution in [0, 0.1) is 0 Å². The molecule has 0 aromatic carbocycles. The van der Waals surface area contributed by atoms with Crippen molar-refractivity contribution in [2.75, 3.05) is 0 Å². The van der Waals surface area contributed by atoms with Crippen LogP contribution in [-0.2, 0) is 0 Å². The Kier molecular flexibility index (Phi) is 2.90. The minimum absolute atomic E-state index is 0.383. The van der Waals surface area contributed by atoms with Crippen molar-refractivity contribution in [1.82, 2.24) is 20.2 Å². The Morgan fingerprint density at radius 2 is 2.00 bits per heavy atom. The van der Waals surface area contributed by atoms with Crippen LogP contribution in [0.3, 0.4) is 0 Å². The molecule has 0 fully saturated rings. The fourth-order valence-electron chi connectivity index (χ4n) is 0.803. The average Bonchev–Trinajstić information content (AvgIpc) is 2.23. The standard InChI is InChI=1S/C8H5ClN4S/c9-6-1-2-7(13-12-6)14-8-5-10-3-4-11-8/h1-5H. The molecule has 0 saturated carbocycles. The Balaban J connectivity index is 2.16. The summed E-state index contributed by atoms with van der Waals surface area (Å²) in [6.45, 7) is 0. The Morgan fingerprint density at radius 1 is 1.07 bits per heavy atom. The van der Waals surface area contributed by atoms with Crippen LogP contribution in [-0.4, -0.2) is 20.2 Å². The highest BCUT2D eigenvalue weighted by atomic mass is 35.5. The summed E-state index contributed by atoms with van der Waals surface area (Å²) < 4.78 is 0. The van der Waals surface area contributed by atoms with E-state index in [4.69, 9.17) is 11.6 Å². The van der Waals surface area contributed by atoms with Gasteiger partial charge in [0.15, 0.2) is 5.15 Å². The second-order valence-electron chi connectivity index (χ2n) is 2.34. The lowest BCUT2D eigenvalue weighted by molar-refractivity contribution is 0.925. The van der Waals surface area contributed by atoms with E-state index in [0.717, 1.165) is 10.1 Å². The molecule has 2 heterocycles. The first kappa shape index (κ1) is 9.36. The van der Waals surface area contributed by atoms with E-state index in [1.165, 1.54) is 11.8 Å². The van der Waals surface area contributed by atoms with Crippen LogP contribution in [0.25, 0.3) is 0 Å². The van der Waals surface area contributed by atoms with Gasteiger partial charge < -0.3 is 0 Å². The predicted molar refractivity (Wildman–Crippen MR) is 53.2 cm³/mol. The highest BCUT2D eigenvalue weighted by Crippen LogP contribution is 2.22. The van der Waals surface area contributed by atoms with Crippen molar-refractivity contribution >= 4 is 23.4 Å². The van der Waals surface area contributed by atoms with E-state index in [1.807, 2.05) is 0 Å². The third-order valence-electron chi connectivity index (χ3n) is 1.36. The largest absolute Gasteiger partial charge is 0.260 e. The summed E-state index contributed by atoms with van der Waals surface area (Å²) >= 11 is 6.99. The third kappa shape index (κ3) is 2.40. The van der Waals surface area contributed by atoms with Crippen LogP contribution in [0.2, 0.25) is 5.15 Å². The molecule has 0 aliphatic rings. The molecule has 0 aliphatic heterocycles. The average molecular weight is 225 g/mol. The maximum atomic E-state index is 5.60. The molecule has 0 spiro atoms. The molecule has 0 N–H and O–H groups in total. The molecular formula is C8H5ClN4S. The second kappa shape index (κ2) is 4.34. The van der Waals surface area contributed by atoms with E-state index in [0.29, 0.717) is 5.15 Å². The SMILES string of the molecule is Clc1ccc(Sc2cnccn2)nn1. The second-order valence-corrected chi connectivity index (χ2v) is 3.77. The van der Waals surface area contributed by atoms with E-state index >= 15 is 0 Å². The number of hydrogen-bond acceptors (Lipinski definition) is 5. The van der Waals surface area contributed by atoms with Crippen molar-refractivity contribution in [2.45, 2.75) is 10.1 Å². The summed E-state index contributed by atoms with van der Waals surface area (Å²) in [5.41, 5.74) is 0. The third-order valence-corrected chi connectivity index (χ3v) is 2.40. The molecule has 0 saturated heterocycles. The van der Waals surface area contributed by atoms with E-state index in [1.54, 1.807) is 30.7 Å². The monoisotopic (exact) mass is 224 g/mol. The number of halogens is 1. The summed E-state index contributed by atoms with van der Waals surface area (Å²) in [7, 11) is 0. The number of rotatable bonds is 2. The summed E-state index contributed by atoms with van der Waals surface area (Å²) in [6.07, 6.45) is 4.92. The van der Waals surface area contributed by atoms with E-state index in [9.17, 15) is 0 Å². The molecule has 0 amide bonds. The summed E-state index contributed by atoms with van der Waals surface area (Å²) in [4.78, 5) is 8.04. The van der Waals surface area contributed by atoms with E-state index in [-0.39, 0.29) is 0 Å². The highest BCUT2D eigenvalue weighted by Gasteiger charge is 2.00. The van der Waals surface area contributed by atoms with Crippen molar-refractivity contribution < 1.29 is 0 Å². The first-order chi connectivity index (χ1) is 6.84. The smallest absolute Gasteiger partial charge is 0.151 e. The lowest BCUT2D eigenvalue weighted by Crippen LogP contribution is -1.86. The van der Waals surface area contributed by atoms with Crippen LogP contribution in [0.5, 0.6) is 0 Å². The van der Waals surface area contributed by atoms with Crippen molar-refractivity contribution in [3.8, 4) is 0 Å². The number of hydrogen-bond donors (Lipinski definition) is 0. The zero-order valence-electron chi connectivity index (χ0n) is 6.96. The maximum Gasteiger partial charge on any atom is 0.151 e. The Labute approximate surface area is 89.8 Å². The molecule has 0 radical (unpaired) electrons. The van der Waals surface area contributed by atoms with Crippen molar-refractivity contribution in [3.63, 3.8) is 0 Å². The van der Waals surface area contributed by atoms with Crippen LogP contribution < -0.4 is 0 Å². The zero-order valence-corrected chi connectivity index (χ0v) is 8.53. The van der Waals surface area contributed by atoms with Gasteiger partial charge in [-0.15, -0.1) is 10.2 Å². The number of nitrogens with zero attached hydrogens (tertiary/aromatic N) is 4. The Bertz CT molecular complexity index is 405. The molecule has 2 aromatic rings. The first-order valence-corrected chi connectivity index (χ1v) is 4.97. The van der Waals surface area contributed by atoms with Gasteiger partial charge in [-0.1, -0.05) is 11.6 Å². The Hall–Kier alpha value is -1.20. The van der Waals surface area contributed by atoms with Crippen molar-refractivity contribution in [3.05, 3.63) is 35.9 Å². The van der Waals surface area contributed by atoms with Gasteiger partial charge in [0.1, 0.15) is 10.1 Å². The highest BCUT2D eigenvalue weighted by molar-refractivity contribution is 7.99. The molecule has 6 heteroatoms. The fraction of sp³-hybridized carbons (Fsp3) is 0. The van der Waals surface area contributed by atoms with Gasteiger partial charge in [0.2, 0.25) is 0 Å². The topological polar surface area (TPSA) is 51.6 Å². The molecular weight excluding hydrogens is 220 g/mol. The van der Waals surface area contributed by atoms with Gasteiger partial charge >= 0.3 is 0 Å².